The summed E-state index contributed by atoms with van der Waals surface area (Å²) in [7, 11) is 0. The van der Waals surface area contributed by atoms with Crippen LogP contribution in [0.4, 0.5) is 10.1 Å². The van der Waals surface area contributed by atoms with Crippen LogP contribution in [0.3, 0.4) is 0 Å². The molecule has 7 heteroatoms. The second-order valence-corrected chi connectivity index (χ2v) is 5.49. The summed E-state index contributed by atoms with van der Waals surface area (Å²) >= 11 is 5.71. The highest BCUT2D eigenvalue weighted by Gasteiger charge is 2.24. The molecule has 114 valence electrons. The van der Waals surface area contributed by atoms with E-state index >= 15 is 0 Å². The van der Waals surface area contributed by atoms with Crippen molar-refractivity contribution in [3.8, 4) is 0 Å². The summed E-state index contributed by atoms with van der Waals surface area (Å²) in [4.78, 5) is 23.5. The van der Waals surface area contributed by atoms with Crippen LogP contribution in [0.2, 0.25) is 5.02 Å². The maximum Gasteiger partial charge on any atom is 0.313 e. The van der Waals surface area contributed by atoms with E-state index in [9.17, 15) is 19.1 Å². The molecule has 3 N–H and O–H groups in total. The second-order valence-electron chi connectivity index (χ2n) is 5.06. The van der Waals surface area contributed by atoms with Gasteiger partial charge in [0.1, 0.15) is 5.82 Å². The number of halogens is 2. The molecule has 0 radical (unpaired) electrons. The Hall–Kier alpha value is -1.66. The van der Waals surface area contributed by atoms with Gasteiger partial charge in [-0.25, -0.2) is 4.39 Å². The number of anilines is 1. The molecule has 0 unspecified atom stereocenters. The van der Waals surface area contributed by atoms with Gasteiger partial charge in [0.05, 0.1) is 11.8 Å². The Morgan fingerprint density at radius 2 is 1.86 bits per heavy atom. The molecule has 0 spiro atoms. The zero-order valence-corrected chi connectivity index (χ0v) is 12.0. The third-order valence-corrected chi connectivity index (χ3v) is 3.65. The van der Waals surface area contributed by atoms with Crippen LogP contribution >= 0.6 is 11.6 Å². The highest BCUT2D eigenvalue weighted by Crippen LogP contribution is 2.20. The quantitative estimate of drug-likeness (QED) is 0.729. The van der Waals surface area contributed by atoms with E-state index in [2.05, 4.69) is 10.6 Å². The fraction of sp³-hybridized carbons (Fsp3) is 0.429. The van der Waals surface area contributed by atoms with Crippen molar-refractivity contribution in [3.63, 3.8) is 0 Å². The van der Waals surface area contributed by atoms with Crippen LogP contribution in [0.5, 0.6) is 0 Å². The number of benzene rings is 1. The molecule has 2 amide bonds. The van der Waals surface area contributed by atoms with E-state index in [0.717, 1.165) is 6.07 Å². The van der Waals surface area contributed by atoms with Gasteiger partial charge in [0.25, 0.3) is 0 Å². The van der Waals surface area contributed by atoms with E-state index in [-0.39, 0.29) is 22.9 Å². The summed E-state index contributed by atoms with van der Waals surface area (Å²) < 4.78 is 13.5. The number of carbonyl (C=O) groups is 2. The Morgan fingerprint density at radius 3 is 2.52 bits per heavy atom. The minimum atomic E-state index is -0.942. The number of nitrogens with one attached hydrogen (secondary N) is 2. The van der Waals surface area contributed by atoms with Gasteiger partial charge in [0, 0.05) is 11.1 Å². The highest BCUT2D eigenvalue weighted by atomic mass is 35.5. The van der Waals surface area contributed by atoms with Crippen molar-refractivity contribution in [1.82, 2.24) is 5.32 Å². The highest BCUT2D eigenvalue weighted by molar-refractivity contribution is 6.40. The molecule has 1 aromatic carbocycles. The van der Waals surface area contributed by atoms with Gasteiger partial charge >= 0.3 is 11.8 Å². The molecule has 2 rings (SSSR count). The first-order chi connectivity index (χ1) is 9.95. The summed E-state index contributed by atoms with van der Waals surface area (Å²) in [6, 6.07) is 3.55. The largest absolute Gasteiger partial charge is 0.393 e. The second kappa shape index (κ2) is 6.87. The number of rotatable bonds is 2. The number of carbonyl (C=O) groups excluding carboxylic acids is 2. The normalized spacial score (nSPS) is 21.7. The van der Waals surface area contributed by atoms with Crippen molar-refractivity contribution < 1.29 is 19.1 Å². The van der Waals surface area contributed by atoms with Gasteiger partial charge in [0.15, 0.2) is 0 Å². The van der Waals surface area contributed by atoms with E-state index in [1.54, 1.807) is 0 Å². The molecule has 1 aliphatic rings. The van der Waals surface area contributed by atoms with Crippen molar-refractivity contribution in [1.29, 1.82) is 0 Å². The summed E-state index contributed by atoms with van der Waals surface area (Å²) in [5, 5.41) is 14.4. The van der Waals surface area contributed by atoms with Crippen LogP contribution in [-0.4, -0.2) is 29.1 Å². The van der Waals surface area contributed by atoms with Crippen LogP contribution < -0.4 is 10.6 Å². The summed E-state index contributed by atoms with van der Waals surface area (Å²) in [6.45, 7) is 0. The van der Waals surface area contributed by atoms with Crippen LogP contribution in [0.25, 0.3) is 0 Å². The average molecular weight is 315 g/mol. The SMILES string of the molecule is O=C(Nc1cc(Cl)ccc1F)C(=O)NC1CCC(O)CC1. The van der Waals surface area contributed by atoms with E-state index in [0.29, 0.717) is 25.7 Å². The Morgan fingerprint density at radius 1 is 1.19 bits per heavy atom. The van der Waals surface area contributed by atoms with Crippen LogP contribution in [0.1, 0.15) is 25.7 Å². The molecule has 1 aromatic rings. The monoisotopic (exact) mass is 314 g/mol. The summed E-state index contributed by atoms with van der Waals surface area (Å²) in [5.74, 6) is -2.43. The maximum atomic E-state index is 13.5. The predicted molar refractivity (Wildman–Crippen MR) is 76.4 cm³/mol. The fourth-order valence-electron chi connectivity index (χ4n) is 2.24. The zero-order chi connectivity index (χ0) is 15.4. The fourth-order valence-corrected chi connectivity index (χ4v) is 2.42. The molecule has 1 aliphatic carbocycles. The van der Waals surface area contributed by atoms with Crippen molar-refractivity contribution in [3.05, 3.63) is 29.0 Å². The summed E-state index contributed by atoms with van der Waals surface area (Å²) in [6.07, 6.45) is 2.08. The molecule has 0 bridgehead atoms. The minimum Gasteiger partial charge on any atom is -0.393 e. The lowest BCUT2D eigenvalue weighted by Gasteiger charge is -2.25. The molecule has 5 nitrogen and oxygen atoms in total. The molecule has 21 heavy (non-hydrogen) atoms. The first-order valence-electron chi connectivity index (χ1n) is 6.70. The number of hydrogen-bond acceptors (Lipinski definition) is 3. The van der Waals surface area contributed by atoms with Gasteiger partial charge in [-0.05, 0) is 43.9 Å². The van der Waals surface area contributed by atoms with Gasteiger partial charge < -0.3 is 15.7 Å². The number of amides is 2. The van der Waals surface area contributed by atoms with Crippen molar-refractivity contribution in [2.75, 3.05) is 5.32 Å². The van der Waals surface area contributed by atoms with Gasteiger partial charge in [-0.3, -0.25) is 9.59 Å². The van der Waals surface area contributed by atoms with E-state index in [1.807, 2.05) is 0 Å². The molecule has 0 heterocycles. The number of aliphatic hydroxyl groups excluding tert-OH is 1. The molecular formula is C14H16ClFN2O3. The Balaban J connectivity index is 1.90. The van der Waals surface area contributed by atoms with Gasteiger partial charge in [-0.2, -0.15) is 0 Å². The lowest BCUT2D eigenvalue weighted by atomic mass is 9.93. The molecule has 0 aromatic heterocycles. The third-order valence-electron chi connectivity index (χ3n) is 3.41. The zero-order valence-electron chi connectivity index (χ0n) is 11.2. The van der Waals surface area contributed by atoms with Gasteiger partial charge in [0.2, 0.25) is 0 Å². The predicted octanol–water partition coefficient (Wildman–Crippen LogP) is 1.84. The average Bonchev–Trinajstić information content (AvgIpc) is 2.45. The Kier molecular flexibility index (Phi) is 5.14. The van der Waals surface area contributed by atoms with Crippen LogP contribution in [0, 0.1) is 5.82 Å². The van der Waals surface area contributed by atoms with Crippen LogP contribution in [-0.2, 0) is 9.59 Å². The third kappa shape index (κ3) is 4.41. The van der Waals surface area contributed by atoms with Crippen molar-refractivity contribution in [2.24, 2.45) is 0 Å². The van der Waals surface area contributed by atoms with E-state index in [4.69, 9.17) is 11.6 Å². The maximum absolute atomic E-state index is 13.5. The first kappa shape index (κ1) is 15.7. The smallest absolute Gasteiger partial charge is 0.313 e. The molecule has 1 fully saturated rings. The van der Waals surface area contributed by atoms with Gasteiger partial charge in [-0.1, -0.05) is 11.6 Å². The van der Waals surface area contributed by atoms with Crippen LogP contribution in [0.15, 0.2) is 18.2 Å². The topological polar surface area (TPSA) is 78.4 Å². The molecule has 0 saturated heterocycles. The number of hydrogen-bond donors (Lipinski definition) is 3. The first-order valence-corrected chi connectivity index (χ1v) is 7.08. The summed E-state index contributed by atoms with van der Waals surface area (Å²) in [5.41, 5.74) is -0.137. The molecule has 1 saturated carbocycles. The standard InChI is InChI=1S/C14H16ClFN2O3/c15-8-1-6-11(16)12(7-8)18-14(21)13(20)17-9-2-4-10(19)5-3-9/h1,6-7,9-10,19H,2-5H2,(H,17,20)(H,18,21). The minimum absolute atomic E-state index is 0.137. The number of aliphatic hydroxyl groups is 1. The molecule has 0 aliphatic heterocycles. The van der Waals surface area contributed by atoms with E-state index in [1.165, 1.54) is 12.1 Å². The Labute approximate surface area is 126 Å². The lowest BCUT2D eigenvalue weighted by Crippen LogP contribution is -2.44. The van der Waals surface area contributed by atoms with Crippen molar-refractivity contribution in [2.45, 2.75) is 37.8 Å². The molecule has 0 atom stereocenters. The molecular weight excluding hydrogens is 299 g/mol. The van der Waals surface area contributed by atoms with E-state index < -0.39 is 17.6 Å². The Bertz CT molecular complexity index is 545. The lowest BCUT2D eigenvalue weighted by molar-refractivity contribution is -0.136. The van der Waals surface area contributed by atoms with Gasteiger partial charge in [-0.15, -0.1) is 0 Å². The van der Waals surface area contributed by atoms with Crippen molar-refractivity contribution >= 4 is 29.1 Å².